The van der Waals surface area contributed by atoms with Crippen LogP contribution in [-0.2, 0) is 14.8 Å². The van der Waals surface area contributed by atoms with Gasteiger partial charge in [0.05, 0.1) is 5.92 Å². The smallest absolute Gasteiger partial charge is 0.252 e. The van der Waals surface area contributed by atoms with Crippen LogP contribution in [0.1, 0.15) is 43.0 Å². The molecule has 2 aromatic rings. The van der Waals surface area contributed by atoms with Crippen molar-refractivity contribution in [3.63, 3.8) is 0 Å². The summed E-state index contributed by atoms with van der Waals surface area (Å²) in [5, 5.41) is 2.96. The van der Waals surface area contributed by atoms with Gasteiger partial charge in [-0.15, -0.1) is 11.3 Å². The van der Waals surface area contributed by atoms with Gasteiger partial charge in [-0.05, 0) is 55.5 Å². The summed E-state index contributed by atoms with van der Waals surface area (Å²) < 4.78 is 27.5. The quantitative estimate of drug-likeness (QED) is 0.808. The summed E-state index contributed by atoms with van der Waals surface area (Å²) >= 11 is 1.27. The van der Waals surface area contributed by atoms with Crippen molar-refractivity contribution in [1.29, 1.82) is 0 Å². The molecule has 0 bridgehead atoms. The zero-order chi connectivity index (χ0) is 19.6. The van der Waals surface area contributed by atoms with Crippen LogP contribution < -0.4 is 5.32 Å². The van der Waals surface area contributed by atoms with E-state index in [4.69, 9.17) is 0 Å². The Morgan fingerprint density at radius 1 is 1.26 bits per heavy atom. The molecule has 1 fully saturated rings. The average Bonchev–Trinajstić information content (AvgIpc) is 3.09. The summed E-state index contributed by atoms with van der Waals surface area (Å²) in [6, 6.07) is 11.3. The number of hydrogen-bond donors (Lipinski definition) is 1. The normalized spacial score (nSPS) is 18.6. The van der Waals surface area contributed by atoms with Crippen LogP contribution in [0.2, 0.25) is 0 Å². The molecule has 7 heteroatoms. The van der Waals surface area contributed by atoms with Crippen molar-refractivity contribution < 1.29 is 13.2 Å². The highest BCUT2D eigenvalue weighted by Gasteiger charge is 2.34. The van der Waals surface area contributed by atoms with E-state index < -0.39 is 10.0 Å². The monoisotopic (exact) mass is 406 g/mol. The Morgan fingerprint density at radius 2 is 2.04 bits per heavy atom. The van der Waals surface area contributed by atoms with E-state index in [0.717, 1.165) is 16.1 Å². The topological polar surface area (TPSA) is 66.5 Å². The lowest BCUT2D eigenvalue weighted by Crippen LogP contribution is -2.43. The minimum absolute atomic E-state index is 0.113. The minimum atomic E-state index is -3.53. The largest absolute Gasteiger partial charge is 0.326 e. The molecule has 27 heavy (non-hydrogen) atoms. The summed E-state index contributed by atoms with van der Waals surface area (Å²) in [5.41, 5.74) is 1.92. The fraction of sp³-hybridized carbons (Fsp3) is 0.450. The molecule has 1 aliphatic rings. The molecule has 1 atom stereocenters. The first-order valence-corrected chi connectivity index (χ1v) is 11.5. The Balaban J connectivity index is 1.70. The van der Waals surface area contributed by atoms with Crippen LogP contribution in [0.5, 0.6) is 0 Å². The van der Waals surface area contributed by atoms with Crippen LogP contribution in [0.4, 0.5) is 5.69 Å². The molecular formula is C20H26N2O3S2. The molecule has 3 rings (SSSR count). The number of thiophene rings is 1. The molecule has 5 nitrogen and oxygen atoms in total. The van der Waals surface area contributed by atoms with Gasteiger partial charge in [-0.1, -0.05) is 26.0 Å². The average molecular weight is 407 g/mol. The molecule has 1 aromatic carbocycles. The van der Waals surface area contributed by atoms with Crippen LogP contribution in [0.25, 0.3) is 0 Å². The highest BCUT2D eigenvalue weighted by atomic mass is 32.2. The number of rotatable bonds is 5. The van der Waals surface area contributed by atoms with Gasteiger partial charge in [-0.2, -0.15) is 4.31 Å². The predicted molar refractivity (Wildman–Crippen MR) is 110 cm³/mol. The molecule has 1 N–H and O–H groups in total. The summed E-state index contributed by atoms with van der Waals surface area (Å²) in [5.74, 6) is -0.0677. The standard InChI is InChI=1S/C20H26N2O3S2/c1-14(2)16-6-4-8-18(12-16)21-20(23)17-7-5-11-22(13-17)27(24,25)19-10-9-15(3)26-19/h4,6,8-10,12,14,17H,5,7,11,13H2,1-3H3,(H,21,23). The summed E-state index contributed by atoms with van der Waals surface area (Å²) in [4.78, 5) is 13.7. The molecule has 0 saturated carbocycles. The summed E-state index contributed by atoms with van der Waals surface area (Å²) in [6.07, 6.45) is 1.39. The fourth-order valence-corrected chi connectivity index (χ4v) is 6.23. The molecule has 0 aliphatic carbocycles. The van der Waals surface area contributed by atoms with Gasteiger partial charge in [-0.25, -0.2) is 8.42 Å². The SMILES string of the molecule is Cc1ccc(S(=O)(=O)N2CCCC(C(=O)Nc3cccc(C(C)C)c3)C2)s1. The lowest BCUT2D eigenvalue weighted by Gasteiger charge is -2.30. The number of benzene rings is 1. The maximum Gasteiger partial charge on any atom is 0.252 e. The van der Waals surface area contributed by atoms with E-state index in [1.807, 2.05) is 37.3 Å². The highest BCUT2D eigenvalue weighted by molar-refractivity contribution is 7.91. The number of amides is 1. The van der Waals surface area contributed by atoms with E-state index in [0.29, 0.717) is 29.5 Å². The van der Waals surface area contributed by atoms with Gasteiger partial charge in [0.25, 0.3) is 10.0 Å². The number of hydrogen-bond acceptors (Lipinski definition) is 4. The van der Waals surface area contributed by atoms with Crippen LogP contribution in [-0.4, -0.2) is 31.7 Å². The molecule has 2 heterocycles. The lowest BCUT2D eigenvalue weighted by atomic mass is 9.98. The van der Waals surface area contributed by atoms with Crippen LogP contribution in [0.3, 0.4) is 0 Å². The maximum absolute atomic E-state index is 12.9. The van der Waals surface area contributed by atoms with Gasteiger partial charge in [0.2, 0.25) is 5.91 Å². The third kappa shape index (κ3) is 4.59. The Morgan fingerprint density at radius 3 is 2.70 bits per heavy atom. The van der Waals surface area contributed by atoms with Crippen LogP contribution >= 0.6 is 11.3 Å². The number of anilines is 1. The Bertz CT molecular complexity index is 919. The molecule has 1 saturated heterocycles. The van der Waals surface area contributed by atoms with Crippen molar-refractivity contribution in [2.24, 2.45) is 5.92 Å². The molecular weight excluding hydrogens is 380 g/mol. The lowest BCUT2D eigenvalue weighted by molar-refractivity contribution is -0.120. The highest BCUT2D eigenvalue weighted by Crippen LogP contribution is 2.29. The number of nitrogens with zero attached hydrogens (tertiary/aromatic N) is 1. The van der Waals surface area contributed by atoms with Crippen molar-refractivity contribution in [2.75, 3.05) is 18.4 Å². The van der Waals surface area contributed by atoms with Gasteiger partial charge in [0, 0.05) is 23.7 Å². The van der Waals surface area contributed by atoms with Crippen molar-refractivity contribution in [1.82, 2.24) is 4.31 Å². The minimum Gasteiger partial charge on any atom is -0.326 e. The second kappa shape index (κ2) is 8.12. The van der Waals surface area contributed by atoms with Gasteiger partial charge in [0.15, 0.2) is 0 Å². The van der Waals surface area contributed by atoms with Crippen LogP contribution in [0, 0.1) is 12.8 Å². The second-order valence-corrected chi connectivity index (χ2v) is 10.8. The van der Waals surface area contributed by atoms with Crippen molar-refractivity contribution in [3.05, 3.63) is 46.8 Å². The van der Waals surface area contributed by atoms with Gasteiger partial charge in [-0.3, -0.25) is 4.79 Å². The van der Waals surface area contributed by atoms with Gasteiger partial charge in [0.1, 0.15) is 4.21 Å². The Hall–Kier alpha value is -1.70. The van der Waals surface area contributed by atoms with Gasteiger partial charge < -0.3 is 5.32 Å². The number of piperidine rings is 1. The Labute approximate surface area is 165 Å². The molecule has 146 valence electrons. The molecule has 1 aliphatic heterocycles. The van der Waals surface area contributed by atoms with E-state index in [2.05, 4.69) is 19.2 Å². The van der Waals surface area contributed by atoms with Gasteiger partial charge >= 0.3 is 0 Å². The van der Waals surface area contributed by atoms with E-state index in [9.17, 15) is 13.2 Å². The zero-order valence-corrected chi connectivity index (χ0v) is 17.6. The number of carbonyl (C=O) groups is 1. The molecule has 1 amide bonds. The Kier molecular flexibility index (Phi) is 6.03. The second-order valence-electron chi connectivity index (χ2n) is 7.34. The van der Waals surface area contributed by atoms with Crippen molar-refractivity contribution in [2.45, 2.75) is 43.7 Å². The van der Waals surface area contributed by atoms with E-state index >= 15 is 0 Å². The third-order valence-corrected chi connectivity index (χ3v) is 8.22. The number of nitrogens with one attached hydrogen (secondary N) is 1. The molecule has 0 radical (unpaired) electrons. The first-order valence-electron chi connectivity index (χ1n) is 9.25. The third-order valence-electron chi connectivity index (χ3n) is 4.89. The van der Waals surface area contributed by atoms with Crippen molar-refractivity contribution >= 4 is 33.0 Å². The van der Waals surface area contributed by atoms with E-state index in [-0.39, 0.29) is 18.4 Å². The number of sulfonamides is 1. The predicted octanol–water partition coefficient (Wildman–Crippen LogP) is 4.22. The molecule has 1 aromatic heterocycles. The first kappa shape index (κ1) is 20.0. The number of aryl methyl sites for hydroxylation is 1. The maximum atomic E-state index is 12.9. The van der Waals surface area contributed by atoms with E-state index in [1.165, 1.54) is 15.6 Å². The summed E-state index contributed by atoms with van der Waals surface area (Å²) in [7, 11) is -3.53. The first-order chi connectivity index (χ1) is 12.8. The zero-order valence-electron chi connectivity index (χ0n) is 15.9. The molecule has 1 unspecified atom stereocenters. The van der Waals surface area contributed by atoms with Crippen LogP contribution in [0.15, 0.2) is 40.6 Å². The fourth-order valence-electron chi connectivity index (χ4n) is 3.27. The summed E-state index contributed by atoms with van der Waals surface area (Å²) in [6.45, 7) is 6.80. The molecule has 0 spiro atoms. The van der Waals surface area contributed by atoms with E-state index in [1.54, 1.807) is 6.07 Å². The van der Waals surface area contributed by atoms with Crippen molar-refractivity contribution in [3.8, 4) is 0 Å². The number of carbonyl (C=O) groups excluding carboxylic acids is 1.